The first-order valence-corrected chi connectivity index (χ1v) is 5.05. The highest BCUT2D eigenvalue weighted by Gasteiger charge is 2.09. The van der Waals surface area contributed by atoms with Crippen LogP contribution >= 0.6 is 0 Å². The molecule has 0 N–H and O–H groups in total. The molecule has 1 aromatic heterocycles. The van der Waals surface area contributed by atoms with Crippen LogP contribution < -0.4 is 0 Å². The van der Waals surface area contributed by atoms with Crippen LogP contribution in [-0.4, -0.2) is 14.7 Å². The molecule has 0 spiro atoms. The van der Waals surface area contributed by atoms with Crippen LogP contribution in [0, 0.1) is 10.1 Å². The van der Waals surface area contributed by atoms with Crippen LogP contribution in [0.3, 0.4) is 0 Å². The first-order valence-electron chi connectivity index (χ1n) is 5.05. The molecule has 0 aliphatic rings. The van der Waals surface area contributed by atoms with Crippen LogP contribution in [-0.2, 0) is 6.54 Å². The number of nitro groups is 1. The molecule has 0 atom stereocenters. The van der Waals surface area contributed by atoms with Crippen molar-refractivity contribution in [1.29, 1.82) is 0 Å². The van der Waals surface area contributed by atoms with E-state index in [1.807, 2.05) is 6.92 Å². The molecule has 1 rings (SSSR count). The minimum atomic E-state index is -0.344. The molecule has 0 amide bonds. The van der Waals surface area contributed by atoms with E-state index in [1.54, 1.807) is 29.9 Å². The highest BCUT2D eigenvalue weighted by Crippen LogP contribution is 2.10. The van der Waals surface area contributed by atoms with Crippen molar-refractivity contribution in [3.8, 4) is 0 Å². The van der Waals surface area contributed by atoms with Crippen molar-refractivity contribution in [2.45, 2.75) is 33.2 Å². The lowest BCUT2D eigenvalue weighted by molar-refractivity contribution is -0.425. The summed E-state index contributed by atoms with van der Waals surface area (Å²) in [7, 11) is 0. The average molecular weight is 209 g/mol. The summed E-state index contributed by atoms with van der Waals surface area (Å²) in [4.78, 5) is 10.3. The summed E-state index contributed by atoms with van der Waals surface area (Å²) in [6.07, 6.45) is 4.63. The third-order valence-electron chi connectivity index (χ3n) is 2.10. The van der Waals surface area contributed by atoms with Gasteiger partial charge < -0.3 is 0 Å². The van der Waals surface area contributed by atoms with Crippen molar-refractivity contribution < 1.29 is 4.92 Å². The average Bonchev–Trinajstić information content (AvgIpc) is 2.62. The number of allylic oxidation sites excluding steroid dienone is 1. The minimum Gasteiger partial charge on any atom is -0.265 e. The van der Waals surface area contributed by atoms with E-state index in [0.29, 0.717) is 6.42 Å². The van der Waals surface area contributed by atoms with Crippen LogP contribution in [0.4, 0.5) is 0 Å². The summed E-state index contributed by atoms with van der Waals surface area (Å²) in [6.45, 7) is 4.60. The first kappa shape index (κ1) is 11.4. The summed E-state index contributed by atoms with van der Waals surface area (Å²) >= 11 is 0. The second-order valence-electron chi connectivity index (χ2n) is 3.23. The molecule has 0 radical (unpaired) electrons. The van der Waals surface area contributed by atoms with Gasteiger partial charge >= 0.3 is 0 Å². The lowest BCUT2D eigenvalue weighted by Gasteiger charge is -2.01. The summed E-state index contributed by atoms with van der Waals surface area (Å²) in [5.74, 6) is 0. The molecule has 15 heavy (non-hydrogen) atoms. The number of aryl methyl sites for hydroxylation is 1. The number of hydrogen-bond donors (Lipinski definition) is 0. The smallest absolute Gasteiger partial charge is 0.248 e. The van der Waals surface area contributed by atoms with Crippen molar-refractivity contribution in [2.24, 2.45) is 0 Å². The van der Waals surface area contributed by atoms with Gasteiger partial charge in [-0.05, 0) is 12.5 Å². The Labute approximate surface area is 88.6 Å². The third kappa shape index (κ3) is 2.90. The fourth-order valence-electron chi connectivity index (χ4n) is 1.32. The fourth-order valence-corrected chi connectivity index (χ4v) is 1.32. The predicted molar refractivity (Wildman–Crippen MR) is 57.8 cm³/mol. The van der Waals surface area contributed by atoms with E-state index in [2.05, 4.69) is 5.10 Å². The van der Waals surface area contributed by atoms with Gasteiger partial charge in [-0.25, -0.2) is 0 Å². The Morgan fingerprint density at radius 1 is 1.67 bits per heavy atom. The maximum atomic E-state index is 10.6. The number of aromatic nitrogens is 2. The largest absolute Gasteiger partial charge is 0.265 e. The monoisotopic (exact) mass is 209 g/mol. The van der Waals surface area contributed by atoms with E-state index in [9.17, 15) is 10.1 Å². The van der Waals surface area contributed by atoms with Gasteiger partial charge in [0.05, 0.1) is 10.6 Å². The molecule has 0 aromatic carbocycles. The normalized spacial score (nSPS) is 11.7. The molecule has 0 saturated carbocycles. The Kier molecular flexibility index (Phi) is 4.03. The van der Waals surface area contributed by atoms with Gasteiger partial charge in [-0.15, -0.1) is 0 Å². The van der Waals surface area contributed by atoms with Crippen molar-refractivity contribution in [2.75, 3.05) is 0 Å². The van der Waals surface area contributed by atoms with E-state index in [0.717, 1.165) is 18.7 Å². The Morgan fingerprint density at radius 2 is 2.40 bits per heavy atom. The van der Waals surface area contributed by atoms with E-state index in [4.69, 9.17) is 0 Å². The Balaban J connectivity index is 2.95. The number of hydrogen-bond acceptors (Lipinski definition) is 3. The minimum absolute atomic E-state index is 0.216. The molecule has 1 aromatic rings. The van der Waals surface area contributed by atoms with Gasteiger partial charge in [-0.3, -0.25) is 14.8 Å². The van der Waals surface area contributed by atoms with Gasteiger partial charge in [0.25, 0.3) is 0 Å². The first-order chi connectivity index (χ1) is 7.19. The molecule has 5 heteroatoms. The van der Waals surface area contributed by atoms with Gasteiger partial charge in [-0.1, -0.05) is 13.8 Å². The summed E-state index contributed by atoms with van der Waals surface area (Å²) in [5, 5.41) is 14.7. The van der Waals surface area contributed by atoms with Crippen molar-refractivity contribution >= 4 is 6.08 Å². The van der Waals surface area contributed by atoms with Gasteiger partial charge in [0.2, 0.25) is 5.70 Å². The topological polar surface area (TPSA) is 61.0 Å². The molecule has 0 unspecified atom stereocenters. The van der Waals surface area contributed by atoms with Gasteiger partial charge in [0, 0.05) is 25.2 Å². The molecular weight excluding hydrogens is 194 g/mol. The van der Waals surface area contributed by atoms with E-state index in [1.165, 1.54) is 0 Å². The second kappa shape index (κ2) is 5.29. The molecule has 5 nitrogen and oxygen atoms in total. The maximum Gasteiger partial charge on any atom is 0.248 e. The number of rotatable bonds is 5. The third-order valence-corrected chi connectivity index (χ3v) is 2.10. The lowest BCUT2D eigenvalue weighted by Crippen LogP contribution is -2.03. The van der Waals surface area contributed by atoms with Crippen molar-refractivity contribution in [3.05, 3.63) is 33.8 Å². The maximum absolute atomic E-state index is 10.6. The zero-order chi connectivity index (χ0) is 11.3. The van der Waals surface area contributed by atoms with Crippen molar-refractivity contribution in [1.82, 2.24) is 9.78 Å². The Bertz CT molecular complexity index is 368. The van der Waals surface area contributed by atoms with Crippen LogP contribution in [0.2, 0.25) is 0 Å². The van der Waals surface area contributed by atoms with Crippen LogP contribution in [0.15, 0.2) is 18.0 Å². The van der Waals surface area contributed by atoms with E-state index < -0.39 is 0 Å². The molecule has 0 aliphatic carbocycles. The van der Waals surface area contributed by atoms with Crippen LogP contribution in [0.5, 0.6) is 0 Å². The van der Waals surface area contributed by atoms with Gasteiger partial charge in [0.1, 0.15) is 0 Å². The SMILES string of the molecule is CCCn1nccc1/C=C(/CC)[N+](=O)[O-]. The highest BCUT2D eigenvalue weighted by atomic mass is 16.6. The van der Waals surface area contributed by atoms with Gasteiger partial charge in [0.15, 0.2) is 0 Å². The Hall–Kier alpha value is -1.65. The lowest BCUT2D eigenvalue weighted by atomic mass is 10.3. The summed E-state index contributed by atoms with van der Waals surface area (Å²) in [6, 6.07) is 1.79. The van der Waals surface area contributed by atoms with Crippen LogP contribution in [0.1, 0.15) is 32.4 Å². The quantitative estimate of drug-likeness (QED) is 0.552. The molecule has 0 aliphatic heterocycles. The molecule has 82 valence electrons. The molecular formula is C10H15N3O2. The standard InChI is InChI=1S/C10H15N3O2/c1-3-7-12-10(5-6-11-12)8-9(4-2)13(14)15/h5-6,8H,3-4,7H2,1-2H3/b9-8-. The predicted octanol–water partition coefficient (Wildman–Crippen LogP) is 2.32. The van der Waals surface area contributed by atoms with E-state index in [-0.39, 0.29) is 10.6 Å². The van der Waals surface area contributed by atoms with Crippen molar-refractivity contribution in [3.63, 3.8) is 0 Å². The highest BCUT2D eigenvalue weighted by molar-refractivity contribution is 5.46. The zero-order valence-corrected chi connectivity index (χ0v) is 9.01. The molecule has 0 saturated heterocycles. The fraction of sp³-hybridized carbons (Fsp3) is 0.500. The molecule has 1 heterocycles. The summed E-state index contributed by atoms with van der Waals surface area (Å²) < 4.78 is 1.78. The zero-order valence-electron chi connectivity index (χ0n) is 9.01. The summed E-state index contributed by atoms with van der Waals surface area (Å²) in [5.41, 5.74) is 1.01. The van der Waals surface area contributed by atoms with E-state index >= 15 is 0 Å². The van der Waals surface area contributed by atoms with Gasteiger partial charge in [-0.2, -0.15) is 5.10 Å². The second-order valence-corrected chi connectivity index (χ2v) is 3.23. The molecule has 0 bridgehead atoms. The Morgan fingerprint density at radius 3 is 2.93 bits per heavy atom. The van der Waals surface area contributed by atoms with Crippen LogP contribution in [0.25, 0.3) is 6.08 Å². The number of nitrogens with zero attached hydrogens (tertiary/aromatic N) is 3. The molecule has 0 fully saturated rings.